The van der Waals surface area contributed by atoms with Gasteiger partial charge in [0.05, 0.1) is 10.7 Å². The third-order valence-corrected chi connectivity index (χ3v) is 3.89. The van der Waals surface area contributed by atoms with Gasteiger partial charge in [-0.3, -0.25) is 0 Å². The van der Waals surface area contributed by atoms with Crippen molar-refractivity contribution in [2.75, 3.05) is 5.32 Å². The molecule has 3 rings (SSSR count). The zero-order valence-electron chi connectivity index (χ0n) is 10.9. The lowest BCUT2D eigenvalue weighted by atomic mass is 10.1. The Hall–Kier alpha value is -1.78. The van der Waals surface area contributed by atoms with Crippen molar-refractivity contribution in [1.29, 1.82) is 0 Å². The van der Waals surface area contributed by atoms with Gasteiger partial charge in [-0.25, -0.2) is 9.78 Å². The van der Waals surface area contributed by atoms with E-state index in [1.807, 2.05) is 6.07 Å². The Morgan fingerprint density at radius 3 is 2.62 bits per heavy atom. The highest BCUT2D eigenvalue weighted by Gasteiger charge is 2.27. The maximum absolute atomic E-state index is 11.1. The van der Waals surface area contributed by atoms with Crippen LogP contribution in [0.4, 0.5) is 11.5 Å². The van der Waals surface area contributed by atoms with Crippen molar-refractivity contribution < 1.29 is 9.90 Å². The fourth-order valence-electron chi connectivity index (χ4n) is 2.13. The second-order valence-corrected chi connectivity index (χ2v) is 5.81. The monoisotopic (exact) mass is 322 g/mol. The van der Waals surface area contributed by atoms with Gasteiger partial charge in [0, 0.05) is 5.02 Å². The molecule has 1 aromatic carbocycles. The molecule has 2 N–H and O–H groups in total. The summed E-state index contributed by atoms with van der Waals surface area (Å²) in [6.07, 6.45) is 2.19. The maximum Gasteiger partial charge on any atom is 0.354 e. The Morgan fingerprint density at radius 1 is 1.24 bits per heavy atom. The zero-order valence-corrected chi connectivity index (χ0v) is 12.4. The number of rotatable bonds is 4. The molecular weight excluding hydrogens is 311 g/mol. The van der Waals surface area contributed by atoms with E-state index in [4.69, 9.17) is 28.3 Å². The molecule has 1 aromatic heterocycles. The number of aromatic carboxylic acids is 1. The van der Waals surface area contributed by atoms with Crippen LogP contribution in [0.3, 0.4) is 0 Å². The number of hydrogen-bond acceptors (Lipinski definition) is 3. The fraction of sp³-hybridized carbons (Fsp3) is 0.200. The molecule has 0 bridgehead atoms. The third-order valence-electron chi connectivity index (χ3n) is 3.35. The molecule has 6 heteroatoms. The number of nitrogens with zero attached hydrogens (tertiary/aromatic N) is 1. The highest BCUT2D eigenvalue weighted by atomic mass is 35.5. The molecule has 0 aliphatic heterocycles. The first-order valence-electron chi connectivity index (χ1n) is 6.51. The first kappa shape index (κ1) is 14.2. The summed E-state index contributed by atoms with van der Waals surface area (Å²) in [5, 5.41) is 13.2. The standard InChI is InChI=1S/C15H12Cl2N2O2/c16-9-3-5-12(11(17)7-9)18-14-10(8-1-2-8)4-6-13(19-14)15(20)21/h3-8H,1-2H2,(H,18,19)(H,20,21). The van der Waals surface area contributed by atoms with Crippen LogP contribution in [-0.4, -0.2) is 16.1 Å². The largest absolute Gasteiger partial charge is 0.477 e. The molecule has 0 amide bonds. The van der Waals surface area contributed by atoms with Crippen LogP contribution < -0.4 is 5.32 Å². The van der Waals surface area contributed by atoms with Crippen LogP contribution in [0.25, 0.3) is 0 Å². The molecule has 1 saturated carbocycles. The lowest BCUT2D eigenvalue weighted by molar-refractivity contribution is 0.0690. The van der Waals surface area contributed by atoms with Crippen molar-refractivity contribution >= 4 is 40.7 Å². The third kappa shape index (κ3) is 3.12. The number of anilines is 2. The van der Waals surface area contributed by atoms with E-state index in [0.717, 1.165) is 18.4 Å². The minimum absolute atomic E-state index is 0.00647. The lowest BCUT2D eigenvalue weighted by Crippen LogP contribution is -2.05. The normalized spacial score (nSPS) is 14.0. The Balaban J connectivity index is 1.99. The van der Waals surface area contributed by atoms with E-state index in [1.54, 1.807) is 18.2 Å². The van der Waals surface area contributed by atoms with E-state index in [1.165, 1.54) is 6.07 Å². The van der Waals surface area contributed by atoms with Crippen molar-refractivity contribution in [1.82, 2.24) is 4.98 Å². The molecule has 0 radical (unpaired) electrons. The van der Waals surface area contributed by atoms with Crippen molar-refractivity contribution in [3.8, 4) is 0 Å². The molecule has 4 nitrogen and oxygen atoms in total. The van der Waals surface area contributed by atoms with Crippen LogP contribution >= 0.6 is 23.2 Å². The van der Waals surface area contributed by atoms with Crippen LogP contribution in [0.2, 0.25) is 10.0 Å². The predicted octanol–water partition coefficient (Wildman–Crippen LogP) is 4.71. The van der Waals surface area contributed by atoms with Crippen LogP contribution in [-0.2, 0) is 0 Å². The van der Waals surface area contributed by atoms with E-state index in [2.05, 4.69) is 10.3 Å². The number of hydrogen-bond donors (Lipinski definition) is 2. The summed E-state index contributed by atoms with van der Waals surface area (Å²) in [7, 11) is 0. The predicted molar refractivity (Wildman–Crippen MR) is 82.9 cm³/mol. The molecule has 2 aromatic rings. The van der Waals surface area contributed by atoms with E-state index >= 15 is 0 Å². The van der Waals surface area contributed by atoms with Crippen LogP contribution in [0, 0.1) is 0 Å². The molecule has 0 spiro atoms. The summed E-state index contributed by atoms with van der Waals surface area (Å²) in [5.41, 5.74) is 1.68. The molecular formula is C15H12Cl2N2O2. The van der Waals surface area contributed by atoms with Crippen LogP contribution in [0.5, 0.6) is 0 Å². The zero-order chi connectivity index (χ0) is 15.0. The number of carboxylic acid groups (broad SMARTS) is 1. The second kappa shape index (κ2) is 5.54. The van der Waals surface area contributed by atoms with E-state index in [9.17, 15) is 4.79 Å². The molecule has 1 fully saturated rings. The number of carboxylic acids is 1. The fourth-order valence-corrected chi connectivity index (χ4v) is 2.59. The molecule has 0 unspecified atom stereocenters. The first-order valence-corrected chi connectivity index (χ1v) is 7.26. The van der Waals surface area contributed by atoms with Gasteiger partial charge in [-0.05, 0) is 48.6 Å². The number of benzene rings is 1. The van der Waals surface area contributed by atoms with Crippen LogP contribution in [0.15, 0.2) is 30.3 Å². The average molecular weight is 323 g/mol. The Labute approximate surface area is 131 Å². The smallest absolute Gasteiger partial charge is 0.354 e. The Morgan fingerprint density at radius 2 is 2.00 bits per heavy atom. The van der Waals surface area contributed by atoms with Gasteiger partial charge in [0.25, 0.3) is 0 Å². The number of halogens is 2. The minimum atomic E-state index is -1.05. The van der Waals surface area contributed by atoms with Gasteiger partial charge >= 0.3 is 5.97 Å². The summed E-state index contributed by atoms with van der Waals surface area (Å²) in [6, 6.07) is 8.44. The van der Waals surface area contributed by atoms with E-state index in [-0.39, 0.29) is 5.69 Å². The minimum Gasteiger partial charge on any atom is -0.477 e. The molecule has 21 heavy (non-hydrogen) atoms. The van der Waals surface area contributed by atoms with Gasteiger partial charge in [0.2, 0.25) is 0 Å². The summed E-state index contributed by atoms with van der Waals surface area (Å²) in [4.78, 5) is 15.3. The quantitative estimate of drug-likeness (QED) is 0.855. The van der Waals surface area contributed by atoms with Gasteiger partial charge in [0.1, 0.15) is 5.82 Å². The molecule has 1 aliphatic rings. The van der Waals surface area contributed by atoms with E-state index in [0.29, 0.717) is 27.5 Å². The van der Waals surface area contributed by atoms with Gasteiger partial charge in [-0.2, -0.15) is 0 Å². The van der Waals surface area contributed by atoms with Crippen molar-refractivity contribution in [2.24, 2.45) is 0 Å². The van der Waals surface area contributed by atoms with Gasteiger partial charge in [-0.1, -0.05) is 29.3 Å². The molecule has 0 atom stereocenters. The molecule has 108 valence electrons. The average Bonchev–Trinajstić information content (AvgIpc) is 3.26. The van der Waals surface area contributed by atoms with E-state index < -0.39 is 5.97 Å². The SMILES string of the molecule is O=C(O)c1ccc(C2CC2)c(Nc2ccc(Cl)cc2Cl)n1. The summed E-state index contributed by atoms with van der Waals surface area (Å²) >= 11 is 12.0. The van der Waals surface area contributed by atoms with Gasteiger partial charge < -0.3 is 10.4 Å². The lowest BCUT2D eigenvalue weighted by Gasteiger charge is -2.12. The highest BCUT2D eigenvalue weighted by Crippen LogP contribution is 2.43. The summed E-state index contributed by atoms with van der Waals surface area (Å²) in [6.45, 7) is 0. The van der Waals surface area contributed by atoms with Crippen molar-refractivity contribution in [3.63, 3.8) is 0 Å². The number of aromatic nitrogens is 1. The van der Waals surface area contributed by atoms with Crippen molar-refractivity contribution in [2.45, 2.75) is 18.8 Å². The molecule has 0 saturated heterocycles. The second-order valence-electron chi connectivity index (χ2n) is 4.96. The molecule has 1 aliphatic carbocycles. The number of nitrogens with one attached hydrogen (secondary N) is 1. The van der Waals surface area contributed by atoms with Crippen molar-refractivity contribution in [3.05, 3.63) is 51.6 Å². The number of carbonyl (C=O) groups is 1. The van der Waals surface area contributed by atoms with Gasteiger partial charge in [0.15, 0.2) is 5.69 Å². The molecule has 1 heterocycles. The van der Waals surface area contributed by atoms with Gasteiger partial charge in [-0.15, -0.1) is 0 Å². The first-order chi connectivity index (χ1) is 10.0. The Kier molecular flexibility index (Phi) is 3.74. The number of pyridine rings is 1. The summed E-state index contributed by atoms with van der Waals surface area (Å²) in [5.74, 6) is -0.0712. The van der Waals surface area contributed by atoms with Crippen LogP contribution in [0.1, 0.15) is 34.8 Å². The topological polar surface area (TPSA) is 62.2 Å². The summed E-state index contributed by atoms with van der Waals surface area (Å²) < 4.78 is 0. The highest BCUT2D eigenvalue weighted by molar-refractivity contribution is 6.36. The maximum atomic E-state index is 11.1. The Bertz CT molecular complexity index is 715.